The summed E-state index contributed by atoms with van der Waals surface area (Å²) in [6, 6.07) is 9.76. The highest BCUT2D eigenvalue weighted by molar-refractivity contribution is 5.95. The lowest BCUT2D eigenvalue weighted by atomic mass is 9.88. The second-order valence-corrected chi connectivity index (χ2v) is 6.98. The van der Waals surface area contributed by atoms with Gasteiger partial charge in [-0.1, -0.05) is 30.3 Å². The van der Waals surface area contributed by atoms with E-state index in [0.29, 0.717) is 36.1 Å². The molecule has 2 fully saturated rings. The first-order valence-corrected chi connectivity index (χ1v) is 8.85. The Bertz CT molecular complexity index is 842. The van der Waals surface area contributed by atoms with Crippen LogP contribution in [0.25, 0.3) is 11.4 Å². The van der Waals surface area contributed by atoms with Crippen molar-refractivity contribution < 1.29 is 4.79 Å². The van der Waals surface area contributed by atoms with Gasteiger partial charge in [0.1, 0.15) is 0 Å². The van der Waals surface area contributed by atoms with E-state index in [9.17, 15) is 4.79 Å². The molecule has 2 aliphatic heterocycles. The van der Waals surface area contributed by atoms with E-state index in [4.69, 9.17) is 5.41 Å². The van der Waals surface area contributed by atoms with Crippen LogP contribution in [0.15, 0.2) is 36.5 Å². The highest BCUT2D eigenvalue weighted by atomic mass is 16.2. The molecule has 0 bridgehead atoms. The van der Waals surface area contributed by atoms with Crippen LogP contribution in [0.4, 0.5) is 0 Å². The maximum absolute atomic E-state index is 12.9. The Hall–Kier alpha value is -2.96. The summed E-state index contributed by atoms with van der Waals surface area (Å²) in [6.45, 7) is 3.94. The number of aromatic nitrogens is 2. The van der Waals surface area contributed by atoms with Crippen LogP contribution in [-0.4, -0.2) is 51.9 Å². The number of hydrogen-bond acceptors (Lipinski definition) is 4. The van der Waals surface area contributed by atoms with Crippen molar-refractivity contribution in [3.63, 3.8) is 0 Å². The second-order valence-electron chi connectivity index (χ2n) is 6.98. The molecule has 7 nitrogen and oxygen atoms in total. The number of likely N-dealkylation sites (tertiary alicyclic amines) is 1. The third-order valence-corrected chi connectivity index (χ3v) is 5.24. The van der Waals surface area contributed by atoms with Crippen molar-refractivity contribution in [1.82, 2.24) is 25.5 Å². The van der Waals surface area contributed by atoms with Gasteiger partial charge in [0.15, 0.2) is 11.8 Å². The molecule has 2 aliphatic rings. The quantitative estimate of drug-likeness (QED) is 0.764. The van der Waals surface area contributed by atoms with Gasteiger partial charge in [-0.3, -0.25) is 10.2 Å². The molecule has 2 aromatic rings. The first kappa shape index (κ1) is 16.5. The summed E-state index contributed by atoms with van der Waals surface area (Å²) in [7, 11) is 0. The Morgan fingerprint density at radius 2 is 1.96 bits per heavy atom. The number of nitrogens with zero attached hydrogens (tertiary/aromatic N) is 3. The average Bonchev–Trinajstić information content (AvgIpc) is 3.02. The molecule has 3 heterocycles. The number of amides is 1. The zero-order valence-electron chi connectivity index (χ0n) is 14.7. The fourth-order valence-electron chi connectivity index (χ4n) is 3.62. The van der Waals surface area contributed by atoms with Gasteiger partial charge in [0.2, 0.25) is 0 Å². The van der Waals surface area contributed by atoms with Gasteiger partial charge in [-0.25, -0.2) is 9.97 Å². The Morgan fingerprint density at radius 3 is 2.58 bits per heavy atom. The second kappa shape index (κ2) is 6.40. The van der Waals surface area contributed by atoms with Crippen molar-refractivity contribution in [3.05, 3.63) is 47.8 Å². The number of guanidine groups is 1. The van der Waals surface area contributed by atoms with E-state index in [1.165, 1.54) is 0 Å². The summed E-state index contributed by atoms with van der Waals surface area (Å²) in [5, 5.41) is 13.9. The van der Waals surface area contributed by atoms with Crippen molar-refractivity contribution in [2.24, 2.45) is 0 Å². The lowest BCUT2D eigenvalue weighted by Crippen LogP contribution is -2.53. The van der Waals surface area contributed by atoms with E-state index >= 15 is 0 Å². The largest absolute Gasteiger partial charge is 0.354 e. The molecule has 0 atom stereocenters. The maximum Gasteiger partial charge on any atom is 0.257 e. The molecule has 0 aliphatic carbocycles. The van der Waals surface area contributed by atoms with E-state index in [0.717, 1.165) is 24.9 Å². The van der Waals surface area contributed by atoms with Gasteiger partial charge < -0.3 is 15.5 Å². The van der Waals surface area contributed by atoms with Gasteiger partial charge in [-0.2, -0.15) is 0 Å². The molecule has 134 valence electrons. The number of aryl methyl sites for hydroxylation is 1. The first-order valence-electron chi connectivity index (χ1n) is 8.85. The van der Waals surface area contributed by atoms with Crippen LogP contribution in [0.2, 0.25) is 0 Å². The number of hydrogen-bond donors (Lipinski definition) is 3. The normalized spacial score (nSPS) is 18.5. The molecule has 4 rings (SSSR count). The number of carbonyl (C=O) groups is 1. The fourth-order valence-corrected chi connectivity index (χ4v) is 3.62. The van der Waals surface area contributed by atoms with Crippen LogP contribution < -0.4 is 10.6 Å². The van der Waals surface area contributed by atoms with E-state index in [-0.39, 0.29) is 11.4 Å². The lowest BCUT2D eigenvalue weighted by molar-refractivity contribution is 0.0667. The predicted octanol–water partition coefficient (Wildman–Crippen LogP) is 1.55. The molecular formula is C19H22N6O. The first-order chi connectivity index (χ1) is 12.6. The molecule has 2 saturated heterocycles. The summed E-state index contributed by atoms with van der Waals surface area (Å²) in [5.41, 5.74) is 2.12. The SMILES string of the molecule is Cc1nc(-c2ccccc2)ncc1C(=O)N1CCC2(CC1)CNC(=N)N2. The number of benzene rings is 1. The zero-order valence-corrected chi connectivity index (χ0v) is 14.7. The summed E-state index contributed by atoms with van der Waals surface area (Å²) in [6.07, 6.45) is 3.30. The molecule has 1 amide bonds. The Morgan fingerprint density at radius 1 is 1.23 bits per heavy atom. The monoisotopic (exact) mass is 350 g/mol. The fraction of sp³-hybridized carbons (Fsp3) is 0.368. The number of piperidine rings is 1. The Balaban J connectivity index is 1.48. The molecule has 1 aromatic heterocycles. The number of rotatable bonds is 2. The number of carbonyl (C=O) groups excluding carboxylic acids is 1. The summed E-state index contributed by atoms with van der Waals surface area (Å²) < 4.78 is 0. The third kappa shape index (κ3) is 3.00. The van der Waals surface area contributed by atoms with Crippen LogP contribution in [0.5, 0.6) is 0 Å². The Labute approximate surface area is 152 Å². The standard InChI is InChI=1S/C19H22N6O/c1-13-15(11-21-16(23-13)14-5-3-2-4-6-14)17(26)25-9-7-19(8-10-25)12-22-18(20)24-19/h2-6,11H,7-10,12H2,1H3,(H3,20,22,24). The highest BCUT2D eigenvalue weighted by Crippen LogP contribution is 2.25. The van der Waals surface area contributed by atoms with E-state index in [2.05, 4.69) is 20.6 Å². The molecule has 7 heteroatoms. The van der Waals surface area contributed by atoms with Gasteiger partial charge in [-0.15, -0.1) is 0 Å². The predicted molar refractivity (Wildman–Crippen MR) is 98.9 cm³/mol. The van der Waals surface area contributed by atoms with Crippen molar-refractivity contribution in [2.75, 3.05) is 19.6 Å². The molecule has 3 N–H and O–H groups in total. The minimum atomic E-state index is -0.0867. The zero-order chi connectivity index (χ0) is 18.1. The molecule has 26 heavy (non-hydrogen) atoms. The van der Waals surface area contributed by atoms with Gasteiger partial charge in [0.25, 0.3) is 5.91 Å². The van der Waals surface area contributed by atoms with Crippen LogP contribution >= 0.6 is 0 Å². The van der Waals surface area contributed by atoms with Crippen molar-refractivity contribution >= 4 is 11.9 Å². The highest BCUT2D eigenvalue weighted by Gasteiger charge is 2.40. The van der Waals surface area contributed by atoms with E-state index in [1.807, 2.05) is 42.2 Å². The smallest absolute Gasteiger partial charge is 0.257 e. The third-order valence-electron chi connectivity index (χ3n) is 5.24. The molecule has 0 saturated carbocycles. The lowest BCUT2D eigenvalue weighted by Gasteiger charge is -2.38. The number of nitrogens with one attached hydrogen (secondary N) is 3. The maximum atomic E-state index is 12.9. The summed E-state index contributed by atoms with van der Waals surface area (Å²) in [4.78, 5) is 23.7. The Kier molecular flexibility index (Phi) is 4.06. The average molecular weight is 350 g/mol. The van der Waals surface area contributed by atoms with Crippen LogP contribution in [0.1, 0.15) is 28.9 Å². The van der Waals surface area contributed by atoms with Gasteiger partial charge >= 0.3 is 0 Å². The minimum absolute atomic E-state index is 0.0157. The van der Waals surface area contributed by atoms with Crippen molar-refractivity contribution in [3.8, 4) is 11.4 Å². The van der Waals surface area contributed by atoms with Crippen molar-refractivity contribution in [1.29, 1.82) is 5.41 Å². The molecule has 0 unspecified atom stereocenters. The molecule has 1 aromatic carbocycles. The van der Waals surface area contributed by atoms with Gasteiger partial charge in [-0.05, 0) is 19.8 Å². The summed E-state index contributed by atoms with van der Waals surface area (Å²) in [5.74, 6) is 1.00. The van der Waals surface area contributed by atoms with Gasteiger partial charge in [0.05, 0.1) is 16.8 Å². The molecule has 0 radical (unpaired) electrons. The van der Waals surface area contributed by atoms with Crippen molar-refractivity contribution in [2.45, 2.75) is 25.3 Å². The molecular weight excluding hydrogens is 328 g/mol. The van der Waals surface area contributed by atoms with Crippen LogP contribution in [0.3, 0.4) is 0 Å². The van der Waals surface area contributed by atoms with Crippen LogP contribution in [0, 0.1) is 12.3 Å². The van der Waals surface area contributed by atoms with Crippen LogP contribution in [-0.2, 0) is 0 Å². The van der Waals surface area contributed by atoms with E-state index in [1.54, 1.807) is 6.20 Å². The minimum Gasteiger partial charge on any atom is -0.354 e. The summed E-state index contributed by atoms with van der Waals surface area (Å²) >= 11 is 0. The molecule has 1 spiro atoms. The topological polar surface area (TPSA) is 94.0 Å². The van der Waals surface area contributed by atoms with Gasteiger partial charge in [0, 0.05) is 31.4 Å². The van der Waals surface area contributed by atoms with E-state index < -0.39 is 0 Å².